The zero-order valence-electron chi connectivity index (χ0n) is 13.9. The Kier molecular flexibility index (Phi) is 5.03. The van der Waals surface area contributed by atoms with Gasteiger partial charge in [-0.2, -0.15) is 0 Å². The molecule has 0 saturated carbocycles. The zero-order chi connectivity index (χ0) is 17.2. The summed E-state index contributed by atoms with van der Waals surface area (Å²) in [5.74, 6) is 0.00125. The average molecular weight is 377 g/mol. The number of halogens is 1. The molecule has 1 aromatic carbocycles. The van der Waals surface area contributed by atoms with E-state index in [1.165, 1.54) is 17.0 Å². The molecule has 1 saturated heterocycles. The normalized spacial score (nSPS) is 20.4. The van der Waals surface area contributed by atoms with Crippen LogP contribution in [0.1, 0.15) is 28.6 Å². The van der Waals surface area contributed by atoms with E-state index in [1.807, 2.05) is 18.2 Å². The number of amides is 1. The van der Waals surface area contributed by atoms with E-state index >= 15 is 0 Å². The van der Waals surface area contributed by atoms with Crippen molar-refractivity contribution in [2.45, 2.75) is 25.3 Å². The Morgan fingerprint density at radius 3 is 3.20 bits per heavy atom. The Labute approximate surface area is 156 Å². The standard InChI is InChI=1S/C18H21ClN4OS/c19-13-4-1-3-12(9-13)15-10-20-7-8-23(15)11-17(24)22-18-21-14-5-2-6-16(14)25-18/h1,3-4,9,15,20H,2,5-8,10-11H2,(H,21,22,24). The maximum atomic E-state index is 12.5. The number of aryl methyl sites for hydroxylation is 2. The van der Waals surface area contributed by atoms with Crippen LogP contribution in [0.25, 0.3) is 0 Å². The molecule has 1 aliphatic heterocycles. The SMILES string of the molecule is O=C(CN1CCNCC1c1cccc(Cl)c1)Nc1nc2c(s1)CCC2. The van der Waals surface area contributed by atoms with E-state index in [4.69, 9.17) is 11.6 Å². The van der Waals surface area contributed by atoms with Crippen LogP contribution in [0.2, 0.25) is 5.02 Å². The van der Waals surface area contributed by atoms with Crippen molar-refractivity contribution in [3.8, 4) is 0 Å². The number of anilines is 1. The molecule has 0 radical (unpaired) electrons. The van der Waals surface area contributed by atoms with E-state index in [0.717, 1.165) is 48.2 Å². The molecule has 1 atom stereocenters. The third-order valence-corrected chi connectivity index (χ3v) is 6.08. The first kappa shape index (κ1) is 17.0. The summed E-state index contributed by atoms with van der Waals surface area (Å²) >= 11 is 7.76. The molecule has 132 valence electrons. The molecule has 1 aliphatic carbocycles. The molecular formula is C18H21ClN4OS. The van der Waals surface area contributed by atoms with Gasteiger partial charge >= 0.3 is 0 Å². The summed E-state index contributed by atoms with van der Waals surface area (Å²) < 4.78 is 0. The van der Waals surface area contributed by atoms with Gasteiger partial charge in [-0.25, -0.2) is 4.98 Å². The van der Waals surface area contributed by atoms with Crippen molar-refractivity contribution in [3.63, 3.8) is 0 Å². The number of carbonyl (C=O) groups excluding carboxylic acids is 1. The van der Waals surface area contributed by atoms with Crippen LogP contribution in [0.4, 0.5) is 5.13 Å². The molecule has 2 aromatic rings. The number of fused-ring (bicyclic) bond motifs is 1. The lowest BCUT2D eigenvalue weighted by molar-refractivity contribution is -0.118. The second-order valence-electron chi connectivity index (χ2n) is 6.54. The van der Waals surface area contributed by atoms with Crippen LogP contribution >= 0.6 is 22.9 Å². The van der Waals surface area contributed by atoms with Gasteiger partial charge in [0.2, 0.25) is 5.91 Å². The minimum absolute atomic E-state index is 0.00125. The van der Waals surface area contributed by atoms with Crippen LogP contribution in [0.5, 0.6) is 0 Å². The van der Waals surface area contributed by atoms with Crippen LogP contribution in [-0.2, 0) is 17.6 Å². The second kappa shape index (κ2) is 7.41. The molecule has 2 N–H and O–H groups in total. The summed E-state index contributed by atoms with van der Waals surface area (Å²) in [6, 6.07) is 8.04. The molecule has 2 heterocycles. The number of carbonyl (C=O) groups is 1. The van der Waals surface area contributed by atoms with Crippen LogP contribution in [0, 0.1) is 0 Å². The Morgan fingerprint density at radius 1 is 1.44 bits per heavy atom. The van der Waals surface area contributed by atoms with Crippen LogP contribution < -0.4 is 10.6 Å². The van der Waals surface area contributed by atoms with E-state index in [0.29, 0.717) is 6.54 Å². The minimum Gasteiger partial charge on any atom is -0.314 e. The molecular weight excluding hydrogens is 356 g/mol. The van der Waals surface area contributed by atoms with Crippen molar-refractivity contribution in [1.82, 2.24) is 15.2 Å². The lowest BCUT2D eigenvalue weighted by Gasteiger charge is -2.36. The lowest BCUT2D eigenvalue weighted by Crippen LogP contribution is -2.48. The van der Waals surface area contributed by atoms with Crippen LogP contribution in [-0.4, -0.2) is 42.0 Å². The highest BCUT2D eigenvalue weighted by Crippen LogP contribution is 2.30. The largest absolute Gasteiger partial charge is 0.314 e. The quantitative estimate of drug-likeness (QED) is 0.861. The van der Waals surface area contributed by atoms with E-state index in [-0.39, 0.29) is 11.9 Å². The molecule has 7 heteroatoms. The van der Waals surface area contributed by atoms with Crippen molar-refractivity contribution < 1.29 is 4.79 Å². The van der Waals surface area contributed by atoms with Crippen molar-refractivity contribution >= 4 is 34.0 Å². The van der Waals surface area contributed by atoms with Gasteiger partial charge < -0.3 is 10.6 Å². The van der Waals surface area contributed by atoms with Gasteiger partial charge in [-0.15, -0.1) is 11.3 Å². The van der Waals surface area contributed by atoms with Crippen molar-refractivity contribution in [3.05, 3.63) is 45.4 Å². The predicted octanol–water partition coefficient (Wildman–Crippen LogP) is 2.87. The van der Waals surface area contributed by atoms with Crippen LogP contribution in [0.3, 0.4) is 0 Å². The van der Waals surface area contributed by atoms with Gasteiger partial charge in [0.05, 0.1) is 12.2 Å². The fourth-order valence-electron chi connectivity index (χ4n) is 3.57. The van der Waals surface area contributed by atoms with Gasteiger partial charge in [-0.3, -0.25) is 9.69 Å². The second-order valence-corrected chi connectivity index (χ2v) is 8.06. The highest BCUT2D eigenvalue weighted by molar-refractivity contribution is 7.15. The maximum absolute atomic E-state index is 12.5. The molecule has 1 fully saturated rings. The summed E-state index contributed by atoms with van der Waals surface area (Å²) in [6.45, 7) is 2.90. The Balaban J connectivity index is 1.42. The van der Waals surface area contributed by atoms with E-state index in [2.05, 4.69) is 26.6 Å². The molecule has 1 aromatic heterocycles. The third kappa shape index (κ3) is 3.87. The number of rotatable bonds is 4. The first-order chi connectivity index (χ1) is 12.2. The zero-order valence-corrected chi connectivity index (χ0v) is 15.5. The van der Waals surface area contributed by atoms with Gasteiger partial charge in [0.1, 0.15) is 0 Å². The number of nitrogens with one attached hydrogen (secondary N) is 2. The Hall–Kier alpha value is -1.47. The lowest BCUT2D eigenvalue weighted by atomic mass is 10.0. The Bertz CT molecular complexity index is 757. The summed E-state index contributed by atoms with van der Waals surface area (Å²) in [5.41, 5.74) is 2.31. The van der Waals surface area contributed by atoms with Gasteiger partial charge in [0.15, 0.2) is 5.13 Å². The van der Waals surface area contributed by atoms with Gasteiger partial charge in [-0.1, -0.05) is 23.7 Å². The average Bonchev–Trinajstić information content (AvgIpc) is 3.16. The smallest absolute Gasteiger partial charge is 0.240 e. The molecule has 1 unspecified atom stereocenters. The first-order valence-corrected chi connectivity index (χ1v) is 9.87. The number of nitrogens with zero attached hydrogens (tertiary/aromatic N) is 2. The molecule has 1 amide bonds. The summed E-state index contributed by atoms with van der Waals surface area (Å²) in [4.78, 5) is 20.6. The molecule has 0 spiro atoms. The molecule has 4 rings (SSSR count). The summed E-state index contributed by atoms with van der Waals surface area (Å²) in [5, 5.41) is 7.85. The molecule has 2 aliphatic rings. The summed E-state index contributed by atoms with van der Waals surface area (Å²) in [7, 11) is 0. The first-order valence-electron chi connectivity index (χ1n) is 8.68. The van der Waals surface area contributed by atoms with Crippen LogP contribution in [0.15, 0.2) is 24.3 Å². The van der Waals surface area contributed by atoms with Gasteiger partial charge in [-0.05, 0) is 37.0 Å². The Morgan fingerprint density at radius 2 is 2.36 bits per heavy atom. The summed E-state index contributed by atoms with van der Waals surface area (Å²) in [6.07, 6.45) is 3.32. The fraction of sp³-hybridized carbons (Fsp3) is 0.444. The fourth-order valence-corrected chi connectivity index (χ4v) is 4.83. The third-order valence-electron chi connectivity index (χ3n) is 4.78. The number of hydrogen-bond donors (Lipinski definition) is 2. The predicted molar refractivity (Wildman–Crippen MR) is 101 cm³/mol. The van der Waals surface area contributed by atoms with E-state index in [9.17, 15) is 4.79 Å². The molecule has 0 bridgehead atoms. The van der Waals surface area contributed by atoms with E-state index in [1.54, 1.807) is 11.3 Å². The number of piperazine rings is 1. The number of thiazole rings is 1. The molecule has 5 nitrogen and oxygen atoms in total. The van der Waals surface area contributed by atoms with Gasteiger partial charge in [0, 0.05) is 35.6 Å². The van der Waals surface area contributed by atoms with Gasteiger partial charge in [0.25, 0.3) is 0 Å². The highest BCUT2D eigenvalue weighted by atomic mass is 35.5. The van der Waals surface area contributed by atoms with E-state index < -0.39 is 0 Å². The van der Waals surface area contributed by atoms with Crippen molar-refractivity contribution in [2.75, 3.05) is 31.5 Å². The number of benzene rings is 1. The topological polar surface area (TPSA) is 57.3 Å². The van der Waals surface area contributed by atoms with Crippen molar-refractivity contribution in [2.24, 2.45) is 0 Å². The highest BCUT2D eigenvalue weighted by Gasteiger charge is 2.26. The number of aromatic nitrogens is 1. The monoisotopic (exact) mass is 376 g/mol. The maximum Gasteiger partial charge on any atom is 0.240 e. The minimum atomic E-state index is 0.00125. The van der Waals surface area contributed by atoms with Crippen molar-refractivity contribution in [1.29, 1.82) is 0 Å². The molecule has 25 heavy (non-hydrogen) atoms. The number of hydrogen-bond acceptors (Lipinski definition) is 5.